The summed E-state index contributed by atoms with van der Waals surface area (Å²) in [6.07, 6.45) is 1.73. The van der Waals surface area contributed by atoms with Crippen molar-refractivity contribution in [1.82, 2.24) is 14.8 Å². The lowest BCUT2D eigenvalue weighted by Gasteiger charge is -2.14. The summed E-state index contributed by atoms with van der Waals surface area (Å²) >= 11 is 13.2. The summed E-state index contributed by atoms with van der Waals surface area (Å²) in [5, 5.41) is 12.8. The standard InChI is InChI=1S/C22H22Cl2N4O4S/c1-5-6-28-21(13-7-17(30-2)20(32-4)18(8-13)31-3)26-27-22(28)33-12-19(29)25-16-10-14(23)9-15(24)11-16/h5,7-11H,1,6,12H2,2-4H3,(H,25,29). The molecule has 1 N–H and O–H groups in total. The van der Waals surface area contributed by atoms with E-state index in [0.717, 1.165) is 0 Å². The molecule has 0 radical (unpaired) electrons. The van der Waals surface area contributed by atoms with E-state index in [0.29, 0.717) is 56.1 Å². The van der Waals surface area contributed by atoms with Crippen molar-refractivity contribution in [3.63, 3.8) is 0 Å². The molecule has 11 heteroatoms. The molecule has 0 fully saturated rings. The van der Waals surface area contributed by atoms with Gasteiger partial charge in [-0.3, -0.25) is 9.36 Å². The Hall–Kier alpha value is -2.88. The molecular weight excluding hydrogens is 487 g/mol. The minimum Gasteiger partial charge on any atom is -0.493 e. The van der Waals surface area contributed by atoms with Crippen LogP contribution in [0.15, 0.2) is 48.1 Å². The predicted octanol–water partition coefficient (Wildman–Crippen LogP) is 5.19. The Kier molecular flexibility index (Phi) is 8.49. The number of ether oxygens (including phenoxy) is 3. The molecule has 1 amide bonds. The number of nitrogens with zero attached hydrogens (tertiary/aromatic N) is 3. The second-order valence-corrected chi connectivity index (χ2v) is 8.43. The maximum absolute atomic E-state index is 12.4. The van der Waals surface area contributed by atoms with Crippen LogP contribution in [0.3, 0.4) is 0 Å². The number of hydrogen-bond acceptors (Lipinski definition) is 7. The SMILES string of the molecule is C=CCn1c(SCC(=O)Nc2cc(Cl)cc(Cl)c2)nnc1-c1cc(OC)c(OC)c(OC)c1. The lowest BCUT2D eigenvalue weighted by molar-refractivity contribution is -0.113. The van der Waals surface area contributed by atoms with Crippen molar-refractivity contribution in [3.05, 3.63) is 53.0 Å². The van der Waals surface area contributed by atoms with Crippen LogP contribution in [0.4, 0.5) is 5.69 Å². The van der Waals surface area contributed by atoms with Gasteiger partial charge in [-0.05, 0) is 30.3 Å². The third-order valence-corrected chi connectivity index (χ3v) is 5.83. The van der Waals surface area contributed by atoms with E-state index in [1.165, 1.54) is 18.9 Å². The molecule has 3 rings (SSSR count). The van der Waals surface area contributed by atoms with E-state index < -0.39 is 0 Å². The lowest BCUT2D eigenvalue weighted by Crippen LogP contribution is -2.14. The van der Waals surface area contributed by atoms with Crippen molar-refractivity contribution >= 4 is 46.6 Å². The number of halogens is 2. The van der Waals surface area contributed by atoms with E-state index in [9.17, 15) is 4.79 Å². The maximum Gasteiger partial charge on any atom is 0.234 e. The summed E-state index contributed by atoms with van der Waals surface area (Å²) in [7, 11) is 4.63. The van der Waals surface area contributed by atoms with E-state index in [2.05, 4.69) is 22.1 Å². The van der Waals surface area contributed by atoms with Crippen LogP contribution in [0, 0.1) is 0 Å². The second kappa shape index (κ2) is 11.3. The topological polar surface area (TPSA) is 87.5 Å². The normalized spacial score (nSPS) is 10.6. The van der Waals surface area contributed by atoms with Crippen LogP contribution in [0.5, 0.6) is 17.2 Å². The minimum atomic E-state index is -0.235. The average Bonchev–Trinajstić information content (AvgIpc) is 3.18. The van der Waals surface area contributed by atoms with Crippen LogP contribution >= 0.6 is 35.0 Å². The molecule has 33 heavy (non-hydrogen) atoms. The zero-order valence-electron chi connectivity index (χ0n) is 18.2. The number of aromatic nitrogens is 3. The van der Waals surface area contributed by atoms with Crippen LogP contribution < -0.4 is 19.5 Å². The monoisotopic (exact) mass is 508 g/mol. The van der Waals surface area contributed by atoms with Crippen molar-refractivity contribution in [1.29, 1.82) is 0 Å². The molecule has 1 aromatic heterocycles. The highest BCUT2D eigenvalue weighted by molar-refractivity contribution is 7.99. The Bertz CT molecular complexity index is 1120. The van der Waals surface area contributed by atoms with Crippen molar-refractivity contribution in [3.8, 4) is 28.6 Å². The Morgan fingerprint density at radius 1 is 1.06 bits per heavy atom. The summed E-state index contributed by atoms with van der Waals surface area (Å²) in [6.45, 7) is 4.25. The zero-order chi connectivity index (χ0) is 24.0. The molecule has 174 valence electrons. The van der Waals surface area contributed by atoms with Crippen molar-refractivity contribution < 1.29 is 19.0 Å². The fourth-order valence-corrected chi connectivity index (χ4v) is 4.34. The largest absolute Gasteiger partial charge is 0.493 e. The number of rotatable bonds is 10. The molecule has 0 saturated carbocycles. The molecule has 0 aliphatic carbocycles. The first-order chi connectivity index (χ1) is 15.9. The van der Waals surface area contributed by atoms with E-state index in [1.54, 1.807) is 50.6 Å². The van der Waals surface area contributed by atoms with E-state index in [4.69, 9.17) is 37.4 Å². The molecule has 8 nitrogen and oxygen atoms in total. The van der Waals surface area contributed by atoms with Crippen molar-refractivity contribution in [2.24, 2.45) is 0 Å². The number of nitrogens with one attached hydrogen (secondary N) is 1. The molecule has 1 heterocycles. The molecule has 0 spiro atoms. The summed E-state index contributed by atoms with van der Waals surface area (Å²) < 4.78 is 18.1. The maximum atomic E-state index is 12.4. The number of carbonyl (C=O) groups excluding carboxylic acids is 1. The number of hydrogen-bond donors (Lipinski definition) is 1. The molecule has 0 bridgehead atoms. The predicted molar refractivity (Wildman–Crippen MR) is 131 cm³/mol. The Morgan fingerprint density at radius 2 is 1.70 bits per heavy atom. The number of carbonyl (C=O) groups is 1. The fraction of sp³-hybridized carbons (Fsp3) is 0.227. The fourth-order valence-electron chi connectivity index (χ4n) is 3.07. The number of allylic oxidation sites excluding steroid dienone is 1. The molecule has 0 unspecified atom stereocenters. The van der Waals surface area contributed by atoms with Gasteiger partial charge in [-0.25, -0.2) is 0 Å². The number of benzene rings is 2. The molecule has 0 aliphatic heterocycles. The number of amides is 1. The van der Waals surface area contributed by atoms with Gasteiger partial charge < -0.3 is 19.5 Å². The molecule has 0 saturated heterocycles. The molecular formula is C22H22Cl2N4O4S. The van der Waals surface area contributed by atoms with Gasteiger partial charge in [0.1, 0.15) is 0 Å². The Balaban J connectivity index is 1.84. The van der Waals surface area contributed by atoms with Gasteiger partial charge in [0, 0.05) is 27.8 Å². The molecule has 3 aromatic rings. The third kappa shape index (κ3) is 5.93. The van der Waals surface area contributed by atoms with Gasteiger partial charge in [-0.1, -0.05) is 41.0 Å². The zero-order valence-corrected chi connectivity index (χ0v) is 20.6. The van der Waals surface area contributed by atoms with Gasteiger partial charge in [-0.2, -0.15) is 0 Å². The van der Waals surface area contributed by atoms with Crippen LogP contribution in [0.1, 0.15) is 0 Å². The van der Waals surface area contributed by atoms with Crippen LogP contribution in [0.25, 0.3) is 11.4 Å². The van der Waals surface area contributed by atoms with Gasteiger partial charge in [-0.15, -0.1) is 16.8 Å². The number of anilines is 1. The first-order valence-corrected chi connectivity index (χ1v) is 11.4. The summed E-state index contributed by atoms with van der Waals surface area (Å²) in [5.41, 5.74) is 1.23. The highest BCUT2D eigenvalue weighted by Gasteiger charge is 2.20. The number of methoxy groups -OCH3 is 3. The summed E-state index contributed by atoms with van der Waals surface area (Å²) in [5.74, 6) is 1.90. The third-order valence-electron chi connectivity index (χ3n) is 4.43. The van der Waals surface area contributed by atoms with Crippen molar-refractivity contribution in [2.75, 3.05) is 32.4 Å². The highest BCUT2D eigenvalue weighted by Crippen LogP contribution is 2.41. The van der Waals surface area contributed by atoms with E-state index >= 15 is 0 Å². The average molecular weight is 509 g/mol. The first kappa shape index (κ1) is 24.8. The quantitative estimate of drug-likeness (QED) is 0.297. The molecule has 2 aromatic carbocycles. The first-order valence-electron chi connectivity index (χ1n) is 9.63. The summed E-state index contributed by atoms with van der Waals surface area (Å²) in [4.78, 5) is 12.4. The van der Waals surface area contributed by atoms with Gasteiger partial charge in [0.05, 0.1) is 27.1 Å². The Labute approximate surface area is 205 Å². The van der Waals surface area contributed by atoms with Gasteiger partial charge in [0.2, 0.25) is 11.7 Å². The summed E-state index contributed by atoms with van der Waals surface area (Å²) in [6, 6.07) is 8.41. The smallest absolute Gasteiger partial charge is 0.234 e. The van der Waals surface area contributed by atoms with E-state index in [-0.39, 0.29) is 11.7 Å². The second-order valence-electron chi connectivity index (χ2n) is 6.61. The minimum absolute atomic E-state index is 0.106. The highest BCUT2D eigenvalue weighted by atomic mass is 35.5. The Morgan fingerprint density at radius 3 is 2.24 bits per heavy atom. The van der Waals surface area contributed by atoms with E-state index in [1.807, 2.05) is 4.57 Å². The van der Waals surface area contributed by atoms with Gasteiger partial charge >= 0.3 is 0 Å². The number of thioether (sulfide) groups is 1. The van der Waals surface area contributed by atoms with Crippen LogP contribution in [-0.4, -0.2) is 47.8 Å². The van der Waals surface area contributed by atoms with Gasteiger partial charge in [0.15, 0.2) is 22.5 Å². The van der Waals surface area contributed by atoms with Crippen molar-refractivity contribution in [2.45, 2.75) is 11.7 Å². The molecule has 0 aliphatic rings. The van der Waals surface area contributed by atoms with Gasteiger partial charge in [0.25, 0.3) is 0 Å². The lowest BCUT2D eigenvalue weighted by atomic mass is 10.1. The van der Waals surface area contributed by atoms with Crippen LogP contribution in [0.2, 0.25) is 10.0 Å². The van der Waals surface area contributed by atoms with Crippen LogP contribution in [-0.2, 0) is 11.3 Å². The molecule has 0 atom stereocenters.